The van der Waals surface area contributed by atoms with Crippen molar-refractivity contribution in [3.63, 3.8) is 0 Å². The van der Waals surface area contributed by atoms with Crippen LogP contribution < -0.4 is 5.73 Å². The van der Waals surface area contributed by atoms with Crippen LogP contribution in [0, 0.1) is 0 Å². The molecule has 1 unspecified atom stereocenters. The molecule has 94 valence electrons. The number of nitrogens with two attached hydrogens (primary N) is 1. The van der Waals surface area contributed by atoms with Crippen molar-refractivity contribution >= 4 is 15.9 Å². The molecule has 0 amide bonds. The maximum absolute atomic E-state index is 9.04. The van der Waals surface area contributed by atoms with E-state index in [2.05, 4.69) is 20.9 Å². The van der Waals surface area contributed by atoms with E-state index in [0.717, 1.165) is 21.2 Å². The van der Waals surface area contributed by atoms with E-state index < -0.39 is 0 Å². The Morgan fingerprint density at radius 2 is 1.94 bits per heavy atom. The summed E-state index contributed by atoms with van der Waals surface area (Å²) in [5.41, 5.74) is 9.09. The minimum Gasteiger partial charge on any atom is -0.395 e. The van der Waals surface area contributed by atoms with Gasteiger partial charge < -0.3 is 10.8 Å². The molecule has 3 N–H and O–H groups in total. The third-order valence-corrected chi connectivity index (χ3v) is 3.30. The van der Waals surface area contributed by atoms with Gasteiger partial charge in [-0.05, 0) is 41.3 Å². The first-order valence-corrected chi connectivity index (χ1v) is 6.55. The predicted octanol–water partition coefficient (Wildman–Crippen LogP) is 2.37. The summed E-state index contributed by atoms with van der Waals surface area (Å²) < 4.78 is 1.05. The van der Waals surface area contributed by atoms with Gasteiger partial charge in [-0.15, -0.1) is 0 Å². The first-order chi connectivity index (χ1) is 8.70. The first kappa shape index (κ1) is 13.2. The first-order valence-electron chi connectivity index (χ1n) is 5.76. The Bertz CT molecular complexity index is 513. The lowest BCUT2D eigenvalue weighted by molar-refractivity contribution is 0.265. The van der Waals surface area contributed by atoms with Gasteiger partial charge in [0.1, 0.15) is 0 Å². The van der Waals surface area contributed by atoms with Crippen LogP contribution >= 0.6 is 15.9 Å². The van der Waals surface area contributed by atoms with E-state index >= 15 is 0 Å². The van der Waals surface area contributed by atoms with Crippen molar-refractivity contribution in [3.05, 3.63) is 52.8 Å². The molecule has 18 heavy (non-hydrogen) atoms. The molecular weight excluding hydrogens is 292 g/mol. The second-order valence-corrected chi connectivity index (χ2v) is 5.10. The maximum Gasteiger partial charge on any atom is 0.0585 e. The van der Waals surface area contributed by atoms with Gasteiger partial charge in [-0.25, -0.2) is 0 Å². The SMILES string of the molecule is NC(CO)Cc1cnccc1-c1ccc(Br)cc1. The van der Waals surface area contributed by atoms with Crippen LogP contribution in [-0.4, -0.2) is 22.7 Å². The summed E-state index contributed by atoms with van der Waals surface area (Å²) in [6, 6.07) is 9.84. The Morgan fingerprint density at radius 3 is 2.61 bits per heavy atom. The monoisotopic (exact) mass is 306 g/mol. The largest absolute Gasteiger partial charge is 0.395 e. The van der Waals surface area contributed by atoms with Gasteiger partial charge in [0.25, 0.3) is 0 Å². The zero-order valence-corrected chi connectivity index (χ0v) is 11.5. The number of hydrogen-bond donors (Lipinski definition) is 2. The predicted molar refractivity (Wildman–Crippen MR) is 76.1 cm³/mol. The molecule has 4 heteroatoms. The van der Waals surface area contributed by atoms with Crippen molar-refractivity contribution in [1.82, 2.24) is 4.98 Å². The summed E-state index contributed by atoms with van der Waals surface area (Å²) in [7, 11) is 0. The number of aliphatic hydroxyl groups excluding tert-OH is 1. The molecule has 0 aliphatic heterocycles. The van der Waals surface area contributed by atoms with Crippen LogP contribution in [0.25, 0.3) is 11.1 Å². The number of benzene rings is 1. The van der Waals surface area contributed by atoms with E-state index in [1.165, 1.54) is 0 Å². The lowest BCUT2D eigenvalue weighted by Crippen LogP contribution is -2.27. The van der Waals surface area contributed by atoms with Crippen LogP contribution in [0.2, 0.25) is 0 Å². The van der Waals surface area contributed by atoms with E-state index in [-0.39, 0.29) is 12.6 Å². The van der Waals surface area contributed by atoms with E-state index in [1.54, 1.807) is 6.20 Å². The molecule has 0 radical (unpaired) electrons. The van der Waals surface area contributed by atoms with Gasteiger partial charge in [0.15, 0.2) is 0 Å². The lowest BCUT2D eigenvalue weighted by atomic mass is 9.97. The molecule has 0 spiro atoms. The minimum absolute atomic E-state index is 0.0192. The van der Waals surface area contributed by atoms with Crippen LogP contribution in [-0.2, 0) is 6.42 Å². The Balaban J connectivity index is 2.35. The number of halogens is 1. The topological polar surface area (TPSA) is 59.1 Å². The van der Waals surface area contributed by atoms with Crippen molar-refractivity contribution in [2.75, 3.05) is 6.61 Å². The fourth-order valence-electron chi connectivity index (χ4n) is 1.85. The Kier molecular flexibility index (Phi) is 4.47. The molecule has 2 aromatic rings. The molecule has 0 saturated carbocycles. The van der Waals surface area contributed by atoms with Gasteiger partial charge in [-0.2, -0.15) is 0 Å². The van der Waals surface area contributed by atoms with Crippen LogP contribution in [0.1, 0.15) is 5.56 Å². The number of hydrogen-bond acceptors (Lipinski definition) is 3. The van der Waals surface area contributed by atoms with E-state index in [1.807, 2.05) is 36.5 Å². The highest BCUT2D eigenvalue weighted by atomic mass is 79.9. The molecule has 2 rings (SSSR count). The van der Waals surface area contributed by atoms with Crippen molar-refractivity contribution < 1.29 is 5.11 Å². The number of pyridine rings is 1. The molecule has 0 fully saturated rings. The summed E-state index contributed by atoms with van der Waals surface area (Å²) in [6.45, 7) is -0.0192. The van der Waals surface area contributed by atoms with Gasteiger partial charge >= 0.3 is 0 Å². The lowest BCUT2D eigenvalue weighted by Gasteiger charge is -2.12. The van der Waals surface area contributed by atoms with E-state index in [9.17, 15) is 0 Å². The molecule has 0 aliphatic carbocycles. The molecule has 1 aromatic carbocycles. The second kappa shape index (κ2) is 6.09. The minimum atomic E-state index is -0.247. The summed E-state index contributed by atoms with van der Waals surface area (Å²) in [5, 5.41) is 9.04. The molecule has 1 aromatic heterocycles. The quantitative estimate of drug-likeness (QED) is 0.912. The highest BCUT2D eigenvalue weighted by molar-refractivity contribution is 9.10. The van der Waals surface area contributed by atoms with Crippen molar-refractivity contribution in [2.45, 2.75) is 12.5 Å². The summed E-state index contributed by atoms with van der Waals surface area (Å²) >= 11 is 3.42. The number of rotatable bonds is 4. The Morgan fingerprint density at radius 1 is 1.22 bits per heavy atom. The third-order valence-electron chi connectivity index (χ3n) is 2.78. The maximum atomic E-state index is 9.04. The zero-order valence-electron chi connectivity index (χ0n) is 9.88. The highest BCUT2D eigenvalue weighted by Gasteiger charge is 2.09. The molecular formula is C14H15BrN2O. The average Bonchev–Trinajstić information content (AvgIpc) is 2.40. The van der Waals surface area contributed by atoms with Gasteiger partial charge in [0.2, 0.25) is 0 Å². The smallest absolute Gasteiger partial charge is 0.0585 e. The van der Waals surface area contributed by atoms with Crippen LogP contribution in [0.3, 0.4) is 0 Å². The van der Waals surface area contributed by atoms with Crippen molar-refractivity contribution in [1.29, 1.82) is 0 Å². The fraction of sp³-hybridized carbons (Fsp3) is 0.214. The molecule has 0 aliphatic rings. The summed E-state index contributed by atoms with van der Waals surface area (Å²) in [4.78, 5) is 4.13. The summed E-state index contributed by atoms with van der Waals surface area (Å²) in [6.07, 6.45) is 4.20. The van der Waals surface area contributed by atoms with E-state index in [4.69, 9.17) is 10.8 Å². The molecule has 0 bridgehead atoms. The molecule has 1 heterocycles. The Hall–Kier alpha value is -1.23. The second-order valence-electron chi connectivity index (χ2n) is 4.19. The fourth-order valence-corrected chi connectivity index (χ4v) is 2.11. The average molecular weight is 307 g/mol. The number of aromatic nitrogens is 1. The molecule has 1 atom stereocenters. The highest BCUT2D eigenvalue weighted by Crippen LogP contribution is 2.25. The van der Waals surface area contributed by atoms with Crippen LogP contribution in [0.4, 0.5) is 0 Å². The number of nitrogens with zero attached hydrogens (tertiary/aromatic N) is 1. The van der Waals surface area contributed by atoms with Gasteiger partial charge in [-0.3, -0.25) is 4.98 Å². The zero-order chi connectivity index (χ0) is 13.0. The third kappa shape index (κ3) is 3.16. The van der Waals surface area contributed by atoms with Crippen LogP contribution in [0.15, 0.2) is 47.2 Å². The summed E-state index contributed by atoms with van der Waals surface area (Å²) in [5.74, 6) is 0. The Labute approximate surface area is 115 Å². The van der Waals surface area contributed by atoms with Gasteiger partial charge in [0.05, 0.1) is 6.61 Å². The van der Waals surface area contributed by atoms with Gasteiger partial charge in [-0.1, -0.05) is 28.1 Å². The van der Waals surface area contributed by atoms with Crippen molar-refractivity contribution in [2.24, 2.45) is 5.73 Å². The molecule has 0 saturated heterocycles. The number of aliphatic hydroxyl groups is 1. The standard InChI is InChI=1S/C14H15BrN2O/c15-12-3-1-10(2-4-12)14-5-6-17-8-11(14)7-13(16)9-18/h1-6,8,13,18H,7,9,16H2. The van der Waals surface area contributed by atoms with Crippen LogP contribution in [0.5, 0.6) is 0 Å². The van der Waals surface area contributed by atoms with E-state index in [0.29, 0.717) is 6.42 Å². The van der Waals surface area contributed by atoms with Gasteiger partial charge in [0, 0.05) is 22.9 Å². The van der Waals surface area contributed by atoms with Crippen molar-refractivity contribution in [3.8, 4) is 11.1 Å². The molecule has 3 nitrogen and oxygen atoms in total. The normalized spacial score (nSPS) is 12.4.